The standard InChI is InChI=1S/C22H23N3O4/c1-15-19(21(27)25(24(15)2)17-11-7-4-8-12-17)23-20(26)18-13-14-28-22(29-18)16-9-5-3-6-10-16/h3-12,18,22H,13-14H2,1-2H3,(H,23,26). The third-order valence-electron chi connectivity index (χ3n) is 5.10. The molecule has 0 aliphatic carbocycles. The van der Waals surface area contributed by atoms with Crippen molar-refractivity contribution in [3.05, 3.63) is 82.3 Å². The molecule has 29 heavy (non-hydrogen) atoms. The van der Waals surface area contributed by atoms with Gasteiger partial charge < -0.3 is 14.8 Å². The minimum atomic E-state index is -0.696. The van der Waals surface area contributed by atoms with Crippen LogP contribution in [0.5, 0.6) is 0 Å². The van der Waals surface area contributed by atoms with Crippen LogP contribution in [-0.4, -0.2) is 28.0 Å². The maximum atomic E-state index is 13.0. The summed E-state index contributed by atoms with van der Waals surface area (Å²) in [5, 5.41) is 2.78. The molecular weight excluding hydrogens is 370 g/mol. The fraction of sp³-hybridized carbons (Fsp3) is 0.273. The second-order valence-electron chi connectivity index (χ2n) is 6.95. The highest BCUT2D eigenvalue weighted by Gasteiger charge is 2.30. The summed E-state index contributed by atoms with van der Waals surface area (Å²) in [6.07, 6.45) is -0.870. The molecule has 0 saturated carbocycles. The van der Waals surface area contributed by atoms with Crippen molar-refractivity contribution in [2.75, 3.05) is 11.9 Å². The quantitative estimate of drug-likeness (QED) is 0.740. The molecule has 1 amide bonds. The summed E-state index contributed by atoms with van der Waals surface area (Å²) < 4.78 is 14.8. The number of benzene rings is 2. The molecule has 1 fully saturated rings. The van der Waals surface area contributed by atoms with Crippen LogP contribution in [0.4, 0.5) is 5.69 Å². The van der Waals surface area contributed by atoms with Gasteiger partial charge in [-0.3, -0.25) is 14.3 Å². The smallest absolute Gasteiger partial charge is 0.295 e. The first-order valence-electron chi connectivity index (χ1n) is 9.53. The van der Waals surface area contributed by atoms with E-state index in [1.54, 1.807) is 18.7 Å². The third kappa shape index (κ3) is 3.74. The van der Waals surface area contributed by atoms with Crippen LogP contribution in [-0.2, 0) is 21.3 Å². The molecule has 2 aromatic carbocycles. The van der Waals surface area contributed by atoms with Crippen molar-refractivity contribution in [2.45, 2.75) is 25.7 Å². The molecule has 0 spiro atoms. The number of anilines is 1. The molecule has 2 atom stereocenters. The van der Waals surface area contributed by atoms with Crippen molar-refractivity contribution in [3.8, 4) is 5.69 Å². The van der Waals surface area contributed by atoms with E-state index < -0.39 is 12.4 Å². The number of carbonyl (C=O) groups excluding carboxylic acids is 1. The molecule has 4 rings (SSSR count). The van der Waals surface area contributed by atoms with Crippen LogP contribution in [0.1, 0.15) is 24.0 Å². The van der Waals surface area contributed by atoms with E-state index in [4.69, 9.17) is 9.47 Å². The largest absolute Gasteiger partial charge is 0.348 e. The molecule has 2 unspecified atom stereocenters. The number of hydrogen-bond acceptors (Lipinski definition) is 4. The molecule has 7 heteroatoms. The Balaban J connectivity index is 1.55. The van der Waals surface area contributed by atoms with Gasteiger partial charge in [0.15, 0.2) is 6.29 Å². The topological polar surface area (TPSA) is 74.5 Å². The Morgan fingerprint density at radius 2 is 1.72 bits per heavy atom. The van der Waals surface area contributed by atoms with Gasteiger partial charge in [0.1, 0.15) is 11.8 Å². The van der Waals surface area contributed by atoms with Crippen LogP contribution in [0.2, 0.25) is 0 Å². The number of hydrogen-bond donors (Lipinski definition) is 1. The Labute approximate surface area is 168 Å². The molecule has 0 bridgehead atoms. The summed E-state index contributed by atoms with van der Waals surface area (Å²) in [4.78, 5) is 25.8. The molecule has 2 heterocycles. The van der Waals surface area contributed by atoms with Gasteiger partial charge in [0.2, 0.25) is 0 Å². The van der Waals surface area contributed by atoms with Crippen molar-refractivity contribution >= 4 is 11.6 Å². The van der Waals surface area contributed by atoms with Crippen molar-refractivity contribution in [1.82, 2.24) is 9.36 Å². The van der Waals surface area contributed by atoms with Crippen LogP contribution in [0.15, 0.2) is 65.5 Å². The highest BCUT2D eigenvalue weighted by Crippen LogP contribution is 2.27. The van der Waals surface area contributed by atoms with Gasteiger partial charge in [0.05, 0.1) is 18.0 Å². The van der Waals surface area contributed by atoms with Gasteiger partial charge in [-0.2, -0.15) is 0 Å². The van der Waals surface area contributed by atoms with Crippen LogP contribution in [0.25, 0.3) is 5.69 Å². The maximum absolute atomic E-state index is 13.0. The van der Waals surface area contributed by atoms with Gasteiger partial charge in [-0.15, -0.1) is 0 Å². The molecule has 0 radical (unpaired) electrons. The van der Waals surface area contributed by atoms with Crippen molar-refractivity contribution in [2.24, 2.45) is 7.05 Å². The number of amides is 1. The third-order valence-corrected chi connectivity index (χ3v) is 5.10. The molecule has 3 aromatic rings. The van der Waals surface area contributed by atoms with Gasteiger partial charge in [-0.25, -0.2) is 4.68 Å². The van der Waals surface area contributed by atoms with Crippen LogP contribution >= 0.6 is 0 Å². The molecule has 1 aliphatic rings. The predicted molar refractivity (Wildman–Crippen MR) is 109 cm³/mol. The zero-order valence-corrected chi connectivity index (χ0v) is 16.4. The van der Waals surface area contributed by atoms with Crippen LogP contribution < -0.4 is 10.9 Å². The average molecular weight is 393 g/mol. The van der Waals surface area contributed by atoms with Crippen molar-refractivity contribution in [3.63, 3.8) is 0 Å². The highest BCUT2D eigenvalue weighted by atomic mass is 16.7. The Morgan fingerprint density at radius 3 is 2.41 bits per heavy atom. The fourth-order valence-corrected chi connectivity index (χ4v) is 3.43. The lowest BCUT2D eigenvalue weighted by atomic mass is 10.1. The number of rotatable bonds is 4. The minimum Gasteiger partial charge on any atom is -0.348 e. The number of ether oxygens (including phenoxy) is 2. The molecule has 1 aliphatic heterocycles. The lowest BCUT2D eigenvalue weighted by molar-refractivity contribution is -0.214. The first-order valence-corrected chi connectivity index (χ1v) is 9.53. The fourth-order valence-electron chi connectivity index (χ4n) is 3.43. The molecular formula is C22H23N3O4. The Bertz CT molecular complexity index is 1060. The van der Waals surface area contributed by atoms with Gasteiger partial charge in [-0.05, 0) is 19.1 Å². The zero-order chi connectivity index (χ0) is 20.4. The summed E-state index contributed by atoms with van der Waals surface area (Å²) in [6.45, 7) is 2.20. The first kappa shape index (κ1) is 19.2. The van der Waals surface area contributed by atoms with Gasteiger partial charge in [0.25, 0.3) is 11.5 Å². The summed E-state index contributed by atoms with van der Waals surface area (Å²) in [6, 6.07) is 18.8. The zero-order valence-electron chi connectivity index (χ0n) is 16.4. The normalized spacial score (nSPS) is 19.1. The lowest BCUT2D eigenvalue weighted by Gasteiger charge is -2.29. The average Bonchev–Trinajstić information content (AvgIpc) is 2.98. The van der Waals surface area contributed by atoms with Crippen molar-refractivity contribution < 1.29 is 14.3 Å². The monoisotopic (exact) mass is 393 g/mol. The van der Waals surface area contributed by atoms with E-state index in [1.165, 1.54) is 4.68 Å². The Hall–Kier alpha value is -3.16. The number of nitrogens with one attached hydrogen (secondary N) is 1. The van der Waals surface area contributed by atoms with E-state index in [1.807, 2.05) is 60.7 Å². The molecule has 7 nitrogen and oxygen atoms in total. The summed E-state index contributed by atoms with van der Waals surface area (Å²) in [5.74, 6) is -0.347. The number of para-hydroxylation sites is 1. The molecule has 1 saturated heterocycles. The highest BCUT2D eigenvalue weighted by molar-refractivity contribution is 5.94. The van der Waals surface area contributed by atoms with Crippen LogP contribution in [0, 0.1) is 6.92 Å². The number of nitrogens with zero attached hydrogens (tertiary/aromatic N) is 2. The second kappa shape index (κ2) is 8.06. The molecule has 1 N–H and O–H groups in total. The number of aromatic nitrogens is 2. The van der Waals surface area contributed by atoms with E-state index >= 15 is 0 Å². The molecule has 1 aromatic heterocycles. The van der Waals surface area contributed by atoms with Crippen LogP contribution in [0.3, 0.4) is 0 Å². The summed E-state index contributed by atoms with van der Waals surface area (Å²) in [5.41, 5.74) is 2.23. The van der Waals surface area contributed by atoms with E-state index in [9.17, 15) is 9.59 Å². The first-order chi connectivity index (χ1) is 14.1. The predicted octanol–water partition coefficient (Wildman–Crippen LogP) is 2.93. The SMILES string of the molecule is Cc1c(NC(=O)C2CCOC(c3ccccc3)O2)c(=O)n(-c2ccccc2)n1C. The van der Waals surface area contributed by atoms with E-state index in [0.29, 0.717) is 18.7 Å². The van der Waals surface area contributed by atoms with Gasteiger partial charge in [0, 0.05) is 19.0 Å². The summed E-state index contributed by atoms with van der Waals surface area (Å²) in [7, 11) is 1.79. The van der Waals surface area contributed by atoms with Gasteiger partial charge in [-0.1, -0.05) is 48.5 Å². The lowest BCUT2D eigenvalue weighted by Crippen LogP contribution is -2.38. The summed E-state index contributed by atoms with van der Waals surface area (Å²) >= 11 is 0. The number of carbonyl (C=O) groups is 1. The second-order valence-corrected chi connectivity index (χ2v) is 6.95. The van der Waals surface area contributed by atoms with Crippen molar-refractivity contribution in [1.29, 1.82) is 0 Å². The van der Waals surface area contributed by atoms with E-state index in [2.05, 4.69) is 5.32 Å². The minimum absolute atomic E-state index is 0.257. The van der Waals surface area contributed by atoms with Gasteiger partial charge >= 0.3 is 0 Å². The Morgan fingerprint density at radius 1 is 1.07 bits per heavy atom. The molecule has 150 valence electrons. The maximum Gasteiger partial charge on any atom is 0.295 e. The van der Waals surface area contributed by atoms with E-state index in [0.717, 1.165) is 11.3 Å². The van der Waals surface area contributed by atoms with E-state index in [-0.39, 0.29) is 17.2 Å². The Kier molecular flexibility index (Phi) is 5.33.